The van der Waals surface area contributed by atoms with Gasteiger partial charge in [0, 0.05) is 42.1 Å². The maximum Gasteiger partial charge on any atom is 0.225 e. The molecule has 2 heterocycles. The Morgan fingerprint density at radius 3 is 2.87 bits per heavy atom. The summed E-state index contributed by atoms with van der Waals surface area (Å²) in [5.41, 5.74) is 2.07. The summed E-state index contributed by atoms with van der Waals surface area (Å²) >= 11 is 0. The number of H-pyrrole nitrogens is 1. The van der Waals surface area contributed by atoms with Crippen LogP contribution in [0, 0.1) is 5.92 Å². The monoisotopic (exact) mass is 311 g/mol. The van der Waals surface area contributed by atoms with Gasteiger partial charge in [0.25, 0.3) is 0 Å². The summed E-state index contributed by atoms with van der Waals surface area (Å²) in [6.07, 6.45) is 5.21. The van der Waals surface area contributed by atoms with Crippen molar-refractivity contribution in [3.63, 3.8) is 0 Å². The van der Waals surface area contributed by atoms with Gasteiger partial charge in [-0.05, 0) is 30.9 Å². The Morgan fingerprint density at radius 2 is 2.04 bits per heavy atom. The molecule has 2 amide bonds. The lowest BCUT2D eigenvalue weighted by molar-refractivity contribution is -0.131. The lowest BCUT2D eigenvalue weighted by Gasteiger charge is -2.16. The van der Waals surface area contributed by atoms with Gasteiger partial charge >= 0.3 is 0 Å². The molecular weight excluding hydrogens is 290 g/mol. The van der Waals surface area contributed by atoms with Gasteiger partial charge < -0.3 is 15.2 Å². The highest BCUT2D eigenvalue weighted by atomic mass is 16.2. The number of aromatic amines is 1. The van der Waals surface area contributed by atoms with Crippen molar-refractivity contribution >= 4 is 22.7 Å². The van der Waals surface area contributed by atoms with Gasteiger partial charge in [0.15, 0.2) is 0 Å². The summed E-state index contributed by atoms with van der Waals surface area (Å²) in [5.74, 6) is 0.564. The molecule has 0 radical (unpaired) electrons. The number of amides is 2. The number of nitrogens with zero attached hydrogens (tertiary/aromatic N) is 1. The molecule has 0 spiro atoms. The van der Waals surface area contributed by atoms with Gasteiger partial charge in [0.1, 0.15) is 0 Å². The van der Waals surface area contributed by atoms with Crippen molar-refractivity contribution in [3.05, 3.63) is 36.0 Å². The van der Waals surface area contributed by atoms with E-state index in [9.17, 15) is 9.59 Å². The lowest BCUT2D eigenvalue weighted by atomic mass is 10.1. The summed E-state index contributed by atoms with van der Waals surface area (Å²) in [5, 5.41) is 4.18. The van der Waals surface area contributed by atoms with Crippen LogP contribution in [0.15, 0.2) is 30.5 Å². The molecule has 1 aromatic carbocycles. The summed E-state index contributed by atoms with van der Waals surface area (Å²) < 4.78 is 0. The second-order valence-corrected chi connectivity index (χ2v) is 6.65. The highest BCUT2D eigenvalue weighted by Crippen LogP contribution is 2.32. The lowest BCUT2D eigenvalue weighted by Crippen LogP contribution is -2.39. The molecule has 1 aliphatic heterocycles. The van der Waals surface area contributed by atoms with Gasteiger partial charge in [-0.25, -0.2) is 0 Å². The minimum Gasteiger partial charge on any atom is -0.361 e. The molecule has 23 heavy (non-hydrogen) atoms. The number of likely N-dealkylation sites (tertiary alicyclic amines) is 1. The molecule has 2 N–H and O–H groups in total. The van der Waals surface area contributed by atoms with Gasteiger partial charge in [-0.15, -0.1) is 0 Å². The predicted octanol–water partition coefficient (Wildman–Crippen LogP) is 1.84. The van der Waals surface area contributed by atoms with E-state index in [-0.39, 0.29) is 23.8 Å². The first kappa shape index (κ1) is 14.3. The third kappa shape index (κ3) is 2.96. The average Bonchev–Trinajstić information content (AvgIpc) is 3.18. The number of aromatic nitrogens is 1. The van der Waals surface area contributed by atoms with Crippen LogP contribution in [0.25, 0.3) is 10.9 Å². The third-order valence-corrected chi connectivity index (χ3v) is 4.82. The van der Waals surface area contributed by atoms with Crippen molar-refractivity contribution in [2.24, 2.45) is 5.92 Å². The Balaban J connectivity index is 1.34. The van der Waals surface area contributed by atoms with Gasteiger partial charge in [-0.1, -0.05) is 18.2 Å². The van der Waals surface area contributed by atoms with Gasteiger partial charge in [-0.2, -0.15) is 0 Å². The molecule has 4 rings (SSSR count). The zero-order valence-corrected chi connectivity index (χ0v) is 13.0. The zero-order chi connectivity index (χ0) is 15.8. The Morgan fingerprint density at radius 1 is 1.22 bits per heavy atom. The van der Waals surface area contributed by atoms with E-state index in [1.54, 1.807) is 0 Å². The van der Waals surface area contributed by atoms with Crippen LogP contribution in [0.4, 0.5) is 0 Å². The van der Waals surface area contributed by atoms with Crippen LogP contribution in [0.3, 0.4) is 0 Å². The second-order valence-electron chi connectivity index (χ2n) is 6.65. The normalized spacial score (nSPS) is 20.9. The fourth-order valence-corrected chi connectivity index (χ4v) is 3.40. The number of carbonyl (C=O) groups is 2. The highest BCUT2D eigenvalue weighted by Gasteiger charge is 2.36. The van der Waals surface area contributed by atoms with E-state index >= 15 is 0 Å². The van der Waals surface area contributed by atoms with Crippen LogP contribution in [0.2, 0.25) is 0 Å². The maximum atomic E-state index is 12.3. The molecular formula is C18H21N3O2. The summed E-state index contributed by atoms with van der Waals surface area (Å²) in [7, 11) is 0. The molecule has 1 atom stereocenters. The molecule has 1 aromatic heterocycles. The first-order valence-corrected chi connectivity index (χ1v) is 8.34. The zero-order valence-electron chi connectivity index (χ0n) is 13.0. The molecule has 2 aromatic rings. The van der Waals surface area contributed by atoms with Crippen LogP contribution < -0.4 is 5.32 Å². The number of nitrogens with one attached hydrogen (secondary N) is 2. The van der Waals surface area contributed by atoms with Crippen molar-refractivity contribution in [2.75, 3.05) is 13.1 Å². The Hall–Kier alpha value is -2.30. The third-order valence-electron chi connectivity index (χ3n) is 4.82. The molecule has 0 bridgehead atoms. The van der Waals surface area contributed by atoms with Crippen LogP contribution in [0.1, 0.15) is 24.8 Å². The minimum absolute atomic E-state index is 0.0282. The van der Waals surface area contributed by atoms with E-state index in [0.717, 1.165) is 42.3 Å². The van der Waals surface area contributed by atoms with Gasteiger partial charge in [0.2, 0.25) is 11.8 Å². The summed E-state index contributed by atoms with van der Waals surface area (Å²) in [6, 6.07) is 8.09. The quantitative estimate of drug-likeness (QED) is 0.905. The Kier molecular flexibility index (Phi) is 3.56. The number of hydrogen-bond acceptors (Lipinski definition) is 2. The number of rotatable bonds is 4. The number of carbonyl (C=O) groups excluding carboxylic acids is 2. The molecule has 1 saturated heterocycles. The van der Waals surface area contributed by atoms with Crippen molar-refractivity contribution in [1.82, 2.24) is 15.2 Å². The van der Waals surface area contributed by atoms with Crippen molar-refractivity contribution in [3.8, 4) is 0 Å². The van der Waals surface area contributed by atoms with Crippen LogP contribution >= 0.6 is 0 Å². The molecule has 2 aliphatic rings. The number of benzene rings is 1. The molecule has 1 unspecified atom stereocenters. The van der Waals surface area contributed by atoms with E-state index < -0.39 is 0 Å². The standard InChI is InChI=1S/C18H21N3O2/c22-17(9-13-10-19-16-4-2-1-3-15(13)16)20-14-7-8-21(11-14)18(23)12-5-6-12/h1-4,10,12,14,19H,5-9,11H2,(H,20,22). The van der Waals surface area contributed by atoms with Crippen molar-refractivity contribution < 1.29 is 9.59 Å². The van der Waals surface area contributed by atoms with E-state index in [4.69, 9.17) is 0 Å². The summed E-state index contributed by atoms with van der Waals surface area (Å²) in [6.45, 7) is 1.43. The molecule has 1 aliphatic carbocycles. The minimum atomic E-state index is 0.0282. The number of para-hydroxylation sites is 1. The SMILES string of the molecule is O=C(Cc1c[nH]c2ccccc12)NC1CCN(C(=O)C2CC2)C1. The second kappa shape index (κ2) is 5.72. The van der Waals surface area contributed by atoms with E-state index in [1.165, 1.54) is 0 Å². The summed E-state index contributed by atoms with van der Waals surface area (Å²) in [4.78, 5) is 29.5. The van der Waals surface area contributed by atoms with Crippen molar-refractivity contribution in [1.29, 1.82) is 0 Å². The topological polar surface area (TPSA) is 65.2 Å². The number of hydrogen-bond donors (Lipinski definition) is 2. The molecule has 1 saturated carbocycles. The highest BCUT2D eigenvalue weighted by molar-refractivity contribution is 5.89. The predicted molar refractivity (Wildman–Crippen MR) is 87.9 cm³/mol. The van der Waals surface area contributed by atoms with Gasteiger partial charge in [0.05, 0.1) is 6.42 Å². The maximum absolute atomic E-state index is 12.3. The average molecular weight is 311 g/mol. The fraction of sp³-hybridized carbons (Fsp3) is 0.444. The molecule has 2 fully saturated rings. The molecule has 120 valence electrons. The first-order chi connectivity index (χ1) is 11.2. The van der Waals surface area contributed by atoms with E-state index in [1.807, 2.05) is 35.4 Å². The fourth-order valence-electron chi connectivity index (χ4n) is 3.40. The van der Waals surface area contributed by atoms with Crippen molar-refractivity contribution in [2.45, 2.75) is 31.7 Å². The van der Waals surface area contributed by atoms with Gasteiger partial charge in [-0.3, -0.25) is 9.59 Å². The first-order valence-electron chi connectivity index (χ1n) is 8.34. The largest absolute Gasteiger partial charge is 0.361 e. The Bertz CT molecular complexity index is 748. The molecule has 5 heteroatoms. The van der Waals surface area contributed by atoms with Crippen LogP contribution in [-0.2, 0) is 16.0 Å². The van der Waals surface area contributed by atoms with Crippen LogP contribution in [-0.4, -0.2) is 40.8 Å². The van der Waals surface area contributed by atoms with E-state index in [0.29, 0.717) is 13.0 Å². The molecule has 5 nitrogen and oxygen atoms in total. The van der Waals surface area contributed by atoms with Crippen LogP contribution in [0.5, 0.6) is 0 Å². The Labute approximate surface area is 135 Å². The van der Waals surface area contributed by atoms with E-state index in [2.05, 4.69) is 10.3 Å². The smallest absolute Gasteiger partial charge is 0.225 e. The number of fused-ring (bicyclic) bond motifs is 1.